The van der Waals surface area contributed by atoms with Gasteiger partial charge in [-0.3, -0.25) is 9.59 Å². The van der Waals surface area contributed by atoms with Crippen LogP contribution in [0.1, 0.15) is 82.9 Å². The lowest BCUT2D eigenvalue weighted by Crippen LogP contribution is -2.55. The molecule has 0 aliphatic heterocycles. The molecule has 210 valence electrons. The van der Waals surface area contributed by atoms with Crippen molar-refractivity contribution in [1.82, 2.24) is 15.5 Å². The van der Waals surface area contributed by atoms with Gasteiger partial charge in [-0.1, -0.05) is 61.7 Å². The highest BCUT2D eigenvalue weighted by Gasteiger charge is 2.44. The van der Waals surface area contributed by atoms with Crippen LogP contribution < -0.4 is 10.6 Å². The summed E-state index contributed by atoms with van der Waals surface area (Å²) in [7, 11) is 0. The van der Waals surface area contributed by atoms with E-state index < -0.39 is 23.8 Å². The van der Waals surface area contributed by atoms with Crippen LogP contribution in [0.25, 0.3) is 0 Å². The number of carbonyl (C=O) groups excluding carboxylic acids is 3. The van der Waals surface area contributed by atoms with Gasteiger partial charge in [0.05, 0.1) is 0 Å². The molecule has 8 heteroatoms. The average Bonchev–Trinajstić information content (AvgIpc) is 3.72. The highest BCUT2D eigenvalue weighted by atomic mass is 16.6. The van der Waals surface area contributed by atoms with Crippen LogP contribution in [0.2, 0.25) is 0 Å². The van der Waals surface area contributed by atoms with Gasteiger partial charge in [0.25, 0.3) is 0 Å². The maximum atomic E-state index is 14.3. The first kappa shape index (κ1) is 28.5. The summed E-state index contributed by atoms with van der Waals surface area (Å²) in [6, 6.07) is 14.1. The van der Waals surface area contributed by atoms with Gasteiger partial charge in [-0.05, 0) is 69.7 Å². The van der Waals surface area contributed by atoms with Gasteiger partial charge < -0.3 is 25.4 Å². The Morgan fingerprint density at radius 3 is 2.28 bits per heavy atom. The van der Waals surface area contributed by atoms with Crippen molar-refractivity contribution in [3.05, 3.63) is 65.7 Å². The first-order valence-electron chi connectivity index (χ1n) is 14.1. The van der Waals surface area contributed by atoms with Crippen LogP contribution in [0.5, 0.6) is 5.75 Å². The van der Waals surface area contributed by atoms with Gasteiger partial charge >= 0.3 is 6.09 Å². The van der Waals surface area contributed by atoms with Crippen LogP contribution in [0.4, 0.5) is 4.79 Å². The molecule has 0 bridgehead atoms. The molecule has 2 aromatic carbocycles. The minimum absolute atomic E-state index is 0.0267. The number of phenolic OH excluding ortho intramolecular Hbond substituents is 1. The van der Waals surface area contributed by atoms with Crippen molar-refractivity contribution in [2.24, 2.45) is 0 Å². The van der Waals surface area contributed by atoms with Gasteiger partial charge in [-0.2, -0.15) is 0 Å². The zero-order chi connectivity index (χ0) is 28.0. The van der Waals surface area contributed by atoms with E-state index in [1.54, 1.807) is 49.9 Å². The number of alkyl carbamates (subject to hydrolysis) is 1. The standard InChI is InChI=1S/C31H41N3O5/c1-31(2,3)39-30(38)33-26(19-21-11-6-4-7-12-21)29(37)34(24-17-18-24)27(22-13-10-16-25(35)20-22)28(36)32-23-14-8-5-9-15-23/h4,6-7,10-13,16,20,23-24,26-27,35H,5,8-9,14-15,17-19H2,1-3H3,(H,32,36)(H,33,38). The fourth-order valence-electron chi connectivity index (χ4n) is 5.21. The van der Waals surface area contributed by atoms with Crippen LogP contribution in [-0.2, 0) is 20.7 Å². The summed E-state index contributed by atoms with van der Waals surface area (Å²) >= 11 is 0. The van der Waals surface area contributed by atoms with Gasteiger partial charge in [0, 0.05) is 18.5 Å². The highest BCUT2D eigenvalue weighted by molar-refractivity contribution is 5.93. The molecule has 0 aromatic heterocycles. The van der Waals surface area contributed by atoms with Gasteiger partial charge in [0.1, 0.15) is 23.4 Å². The van der Waals surface area contributed by atoms with Crippen molar-refractivity contribution in [2.45, 2.75) is 102 Å². The van der Waals surface area contributed by atoms with E-state index in [0.29, 0.717) is 5.56 Å². The summed E-state index contributed by atoms with van der Waals surface area (Å²) in [5, 5.41) is 16.2. The largest absolute Gasteiger partial charge is 0.508 e. The van der Waals surface area contributed by atoms with E-state index in [0.717, 1.165) is 50.5 Å². The molecule has 2 saturated carbocycles. The molecule has 3 amide bonds. The molecule has 2 aromatic rings. The van der Waals surface area contributed by atoms with Crippen molar-refractivity contribution in [3.8, 4) is 5.75 Å². The predicted octanol–water partition coefficient (Wildman–Crippen LogP) is 5.01. The average molecular weight is 536 g/mol. The quantitative estimate of drug-likeness (QED) is 0.418. The number of benzene rings is 2. The van der Waals surface area contributed by atoms with E-state index in [-0.39, 0.29) is 36.1 Å². The first-order chi connectivity index (χ1) is 18.6. The van der Waals surface area contributed by atoms with E-state index in [2.05, 4.69) is 10.6 Å². The number of hydrogen-bond acceptors (Lipinski definition) is 5. The Morgan fingerprint density at radius 2 is 1.67 bits per heavy atom. The number of hydrogen-bond donors (Lipinski definition) is 3. The molecule has 0 heterocycles. The molecule has 4 rings (SSSR count). The Hall–Kier alpha value is -3.55. The molecule has 2 atom stereocenters. The Labute approximate surface area is 231 Å². The number of aromatic hydroxyl groups is 1. The van der Waals surface area contributed by atoms with Gasteiger partial charge in [0.2, 0.25) is 11.8 Å². The van der Waals surface area contributed by atoms with Crippen molar-refractivity contribution in [1.29, 1.82) is 0 Å². The van der Waals surface area contributed by atoms with Gasteiger partial charge in [-0.25, -0.2) is 4.79 Å². The minimum Gasteiger partial charge on any atom is -0.508 e. The number of phenols is 1. The highest BCUT2D eigenvalue weighted by Crippen LogP contribution is 2.37. The summed E-state index contributed by atoms with van der Waals surface area (Å²) in [6.07, 6.45) is 6.20. The van der Waals surface area contributed by atoms with Crippen molar-refractivity contribution >= 4 is 17.9 Å². The third-order valence-electron chi connectivity index (χ3n) is 7.13. The maximum absolute atomic E-state index is 14.3. The number of carbonyl (C=O) groups is 3. The molecular weight excluding hydrogens is 494 g/mol. The van der Waals surface area contributed by atoms with E-state index in [9.17, 15) is 19.5 Å². The van der Waals surface area contributed by atoms with Crippen LogP contribution >= 0.6 is 0 Å². The molecule has 8 nitrogen and oxygen atoms in total. The Kier molecular flexibility index (Phi) is 9.15. The number of nitrogens with one attached hydrogen (secondary N) is 2. The second kappa shape index (κ2) is 12.5. The summed E-state index contributed by atoms with van der Waals surface area (Å²) in [4.78, 5) is 42.7. The van der Waals surface area contributed by atoms with Crippen molar-refractivity contribution in [3.63, 3.8) is 0 Å². The Bertz CT molecular complexity index is 1140. The fourth-order valence-corrected chi connectivity index (χ4v) is 5.21. The molecule has 2 aliphatic carbocycles. The normalized spacial score (nSPS) is 17.5. The van der Waals surface area contributed by atoms with E-state index in [1.807, 2.05) is 30.3 Å². The number of amides is 3. The van der Waals surface area contributed by atoms with Gasteiger partial charge in [-0.15, -0.1) is 0 Å². The number of rotatable bonds is 9. The van der Waals surface area contributed by atoms with Crippen LogP contribution in [0.3, 0.4) is 0 Å². The Balaban J connectivity index is 1.67. The zero-order valence-corrected chi connectivity index (χ0v) is 23.2. The molecule has 3 N–H and O–H groups in total. The molecule has 2 aliphatic rings. The maximum Gasteiger partial charge on any atom is 0.408 e. The zero-order valence-electron chi connectivity index (χ0n) is 23.2. The molecule has 0 spiro atoms. The van der Waals surface area contributed by atoms with Crippen molar-refractivity contribution < 1.29 is 24.2 Å². The lowest BCUT2D eigenvalue weighted by molar-refractivity contribution is -0.143. The van der Waals surface area contributed by atoms with Crippen LogP contribution in [0, 0.1) is 0 Å². The number of ether oxygens (including phenoxy) is 1. The molecular formula is C31H41N3O5. The third kappa shape index (κ3) is 8.22. The fraction of sp³-hybridized carbons (Fsp3) is 0.516. The monoisotopic (exact) mass is 535 g/mol. The first-order valence-corrected chi connectivity index (χ1v) is 14.1. The van der Waals surface area contributed by atoms with Gasteiger partial charge in [0.15, 0.2) is 0 Å². The van der Waals surface area contributed by atoms with E-state index in [4.69, 9.17) is 4.74 Å². The second-order valence-corrected chi connectivity index (χ2v) is 11.7. The smallest absolute Gasteiger partial charge is 0.408 e. The van der Waals surface area contributed by atoms with Crippen LogP contribution in [0.15, 0.2) is 54.6 Å². The van der Waals surface area contributed by atoms with E-state index in [1.165, 1.54) is 0 Å². The summed E-state index contributed by atoms with van der Waals surface area (Å²) in [6.45, 7) is 5.31. The predicted molar refractivity (Wildman–Crippen MR) is 149 cm³/mol. The topological polar surface area (TPSA) is 108 Å². The van der Waals surface area contributed by atoms with Crippen LogP contribution in [-0.4, -0.2) is 51.6 Å². The molecule has 39 heavy (non-hydrogen) atoms. The summed E-state index contributed by atoms with van der Waals surface area (Å²) in [5.41, 5.74) is 0.687. The Morgan fingerprint density at radius 1 is 0.974 bits per heavy atom. The lowest BCUT2D eigenvalue weighted by atomic mass is 9.94. The summed E-state index contributed by atoms with van der Waals surface area (Å²) < 4.78 is 5.49. The SMILES string of the molecule is CC(C)(C)OC(=O)NC(Cc1ccccc1)C(=O)N(C1CC1)C(C(=O)NC1CCCCC1)c1cccc(O)c1. The molecule has 2 unspecified atom stereocenters. The number of nitrogens with zero attached hydrogens (tertiary/aromatic N) is 1. The second-order valence-electron chi connectivity index (χ2n) is 11.7. The molecule has 0 radical (unpaired) electrons. The minimum atomic E-state index is -0.940. The molecule has 2 fully saturated rings. The molecule has 0 saturated heterocycles. The van der Waals surface area contributed by atoms with E-state index >= 15 is 0 Å². The van der Waals surface area contributed by atoms with Crippen molar-refractivity contribution in [2.75, 3.05) is 0 Å². The third-order valence-corrected chi connectivity index (χ3v) is 7.13. The lowest BCUT2D eigenvalue weighted by Gasteiger charge is -2.36. The summed E-state index contributed by atoms with van der Waals surface area (Å²) in [5.74, 6) is -0.582.